The van der Waals surface area contributed by atoms with E-state index in [0.29, 0.717) is 6.04 Å². The van der Waals surface area contributed by atoms with Crippen LogP contribution in [-0.4, -0.2) is 26.9 Å². The Morgan fingerprint density at radius 2 is 2.20 bits per heavy atom. The minimum absolute atomic E-state index is 0.448. The van der Waals surface area contributed by atoms with Crippen molar-refractivity contribution in [3.63, 3.8) is 0 Å². The van der Waals surface area contributed by atoms with E-state index in [1.54, 1.807) is 7.11 Å². The Bertz CT molecular complexity index is 406. The van der Waals surface area contributed by atoms with Gasteiger partial charge in [0.25, 0.3) is 0 Å². The summed E-state index contributed by atoms with van der Waals surface area (Å²) in [6, 6.07) is 6.91. The van der Waals surface area contributed by atoms with Gasteiger partial charge in [0, 0.05) is 19.2 Å². The zero-order valence-corrected chi connectivity index (χ0v) is 12.8. The fourth-order valence-corrected chi connectivity index (χ4v) is 2.77. The summed E-state index contributed by atoms with van der Waals surface area (Å²) in [6.45, 7) is 4.79. The predicted octanol–water partition coefficient (Wildman–Crippen LogP) is 3.48. The van der Waals surface area contributed by atoms with Crippen molar-refractivity contribution in [2.45, 2.75) is 45.1 Å². The van der Waals surface area contributed by atoms with E-state index in [9.17, 15) is 0 Å². The molecule has 3 heteroatoms. The Morgan fingerprint density at radius 3 is 3.00 bits per heavy atom. The second kappa shape index (κ2) is 8.28. The smallest absolute Gasteiger partial charge is 0.119 e. The average Bonchev–Trinajstić information content (AvgIpc) is 2.50. The zero-order valence-electron chi connectivity index (χ0n) is 12.8. The molecule has 0 aromatic heterocycles. The predicted molar refractivity (Wildman–Crippen MR) is 82.4 cm³/mol. The van der Waals surface area contributed by atoms with Crippen molar-refractivity contribution in [2.75, 3.05) is 26.9 Å². The summed E-state index contributed by atoms with van der Waals surface area (Å²) in [6.07, 6.45) is 6.00. The van der Waals surface area contributed by atoms with Crippen molar-refractivity contribution in [2.24, 2.45) is 0 Å². The van der Waals surface area contributed by atoms with E-state index < -0.39 is 0 Å². The lowest BCUT2D eigenvalue weighted by Gasteiger charge is -2.27. The molecule has 1 aromatic carbocycles. The minimum Gasteiger partial charge on any atom is -0.497 e. The third-order valence-electron chi connectivity index (χ3n) is 3.95. The molecule has 1 unspecified atom stereocenters. The van der Waals surface area contributed by atoms with Crippen molar-refractivity contribution >= 4 is 0 Å². The van der Waals surface area contributed by atoms with Crippen LogP contribution in [0.2, 0.25) is 0 Å². The molecule has 0 fully saturated rings. The Balaban J connectivity index is 1.84. The van der Waals surface area contributed by atoms with Gasteiger partial charge in [0.05, 0.1) is 13.7 Å². The Hall–Kier alpha value is -1.06. The molecule has 20 heavy (non-hydrogen) atoms. The lowest BCUT2D eigenvalue weighted by atomic mass is 9.87. The van der Waals surface area contributed by atoms with E-state index in [-0.39, 0.29) is 0 Å². The van der Waals surface area contributed by atoms with E-state index in [1.165, 1.54) is 36.8 Å². The van der Waals surface area contributed by atoms with Crippen LogP contribution in [0.4, 0.5) is 0 Å². The fourth-order valence-electron chi connectivity index (χ4n) is 2.77. The first-order chi connectivity index (χ1) is 9.85. The Labute approximate surface area is 122 Å². The highest BCUT2D eigenvalue weighted by molar-refractivity contribution is 5.39. The summed E-state index contributed by atoms with van der Waals surface area (Å²) in [7, 11) is 1.73. The summed E-state index contributed by atoms with van der Waals surface area (Å²) in [5, 5.41) is 3.63. The normalized spacial score (nSPS) is 17.8. The summed E-state index contributed by atoms with van der Waals surface area (Å²) in [4.78, 5) is 0. The number of hydrogen-bond donors (Lipinski definition) is 1. The largest absolute Gasteiger partial charge is 0.497 e. The minimum atomic E-state index is 0.448. The highest BCUT2D eigenvalue weighted by atomic mass is 16.5. The molecule has 1 aliphatic rings. The molecule has 1 aliphatic carbocycles. The summed E-state index contributed by atoms with van der Waals surface area (Å²) in [5.74, 6) is 0.955. The lowest BCUT2D eigenvalue weighted by molar-refractivity contribution is 0.130. The van der Waals surface area contributed by atoms with Crippen molar-refractivity contribution in [3.05, 3.63) is 29.3 Å². The number of rotatable bonds is 8. The Kier molecular flexibility index (Phi) is 6.34. The van der Waals surface area contributed by atoms with E-state index >= 15 is 0 Å². The first-order valence-electron chi connectivity index (χ1n) is 7.83. The molecule has 0 saturated carbocycles. The standard InChI is InChI=1S/C17H27NO2/c1-3-4-11-20-12-10-18-17-7-5-6-14-8-9-15(19-2)13-16(14)17/h8-9,13,17-18H,3-7,10-12H2,1-2H3. The van der Waals surface area contributed by atoms with Crippen LogP contribution in [0.25, 0.3) is 0 Å². The molecule has 112 valence electrons. The van der Waals surface area contributed by atoms with Crippen molar-refractivity contribution in [3.8, 4) is 5.75 Å². The van der Waals surface area contributed by atoms with Gasteiger partial charge in [-0.2, -0.15) is 0 Å². The van der Waals surface area contributed by atoms with Crippen LogP contribution in [0.5, 0.6) is 5.75 Å². The van der Waals surface area contributed by atoms with Gasteiger partial charge in [-0.25, -0.2) is 0 Å². The zero-order chi connectivity index (χ0) is 14.2. The maximum absolute atomic E-state index is 5.61. The van der Waals surface area contributed by atoms with Gasteiger partial charge in [0.15, 0.2) is 0 Å². The molecule has 0 spiro atoms. The van der Waals surface area contributed by atoms with Crippen LogP contribution in [0, 0.1) is 0 Å². The second-order valence-corrected chi connectivity index (χ2v) is 5.43. The van der Waals surface area contributed by atoms with Crippen LogP contribution in [0.3, 0.4) is 0 Å². The van der Waals surface area contributed by atoms with Gasteiger partial charge in [-0.15, -0.1) is 0 Å². The first kappa shape index (κ1) is 15.3. The number of hydrogen-bond acceptors (Lipinski definition) is 3. The number of benzene rings is 1. The molecule has 0 bridgehead atoms. The van der Waals surface area contributed by atoms with Gasteiger partial charge in [-0.3, -0.25) is 0 Å². The molecule has 3 nitrogen and oxygen atoms in total. The number of ether oxygens (including phenoxy) is 2. The molecule has 1 atom stereocenters. The summed E-state index contributed by atoms with van der Waals surface area (Å²) >= 11 is 0. The van der Waals surface area contributed by atoms with Crippen LogP contribution in [0.1, 0.15) is 49.8 Å². The van der Waals surface area contributed by atoms with Gasteiger partial charge in [0.1, 0.15) is 5.75 Å². The second-order valence-electron chi connectivity index (χ2n) is 5.43. The molecule has 0 saturated heterocycles. The first-order valence-corrected chi connectivity index (χ1v) is 7.83. The Morgan fingerprint density at radius 1 is 1.30 bits per heavy atom. The molecule has 1 aromatic rings. The molecule has 1 N–H and O–H groups in total. The van der Waals surface area contributed by atoms with Gasteiger partial charge in [-0.1, -0.05) is 19.4 Å². The highest BCUT2D eigenvalue weighted by Gasteiger charge is 2.20. The van der Waals surface area contributed by atoms with Crippen LogP contribution in [0.15, 0.2) is 18.2 Å². The van der Waals surface area contributed by atoms with E-state index in [2.05, 4.69) is 30.4 Å². The third kappa shape index (κ3) is 4.22. The lowest BCUT2D eigenvalue weighted by Crippen LogP contribution is -2.28. The molecular formula is C17H27NO2. The van der Waals surface area contributed by atoms with E-state index in [1.807, 2.05) is 0 Å². The summed E-state index contributed by atoms with van der Waals surface area (Å²) in [5.41, 5.74) is 2.87. The maximum Gasteiger partial charge on any atom is 0.119 e. The molecular weight excluding hydrogens is 250 g/mol. The SMILES string of the molecule is CCCCOCCNC1CCCc2ccc(OC)cc21. The van der Waals surface area contributed by atoms with Crippen LogP contribution < -0.4 is 10.1 Å². The van der Waals surface area contributed by atoms with Crippen LogP contribution >= 0.6 is 0 Å². The van der Waals surface area contributed by atoms with Crippen molar-refractivity contribution < 1.29 is 9.47 Å². The quantitative estimate of drug-likeness (QED) is 0.738. The third-order valence-corrected chi connectivity index (χ3v) is 3.95. The number of aryl methyl sites for hydroxylation is 1. The van der Waals surface area contributed by atoms with E-state index in [4.69, 9.17) is 9.47 Å². The van der Waals surface area contributed by atoms with Gasteiger partial charge in [-0.05, 0) is 48.9 Å². The van der Waals surface area contributed by atoms with E-state index in [0.717, 1.165) is 31.9 Å². The number of unbranched alkanes of at least 4 members (excludes halogenated alkanes) is 1. The van der Waals surface area contributed by atoms with Gasteiger partial charge in [0.2, 0.25) is 0 Å². The molecule has 0 aliphatic heterocycles. The average molecular weight is 277 g/mol. The molecule has 0 radical (unpaired) electrons. The molecule has 0 heterocycles. The number of fused-ring (bicyclic) bond motifs is 1. The number of methoxy groups -OCH3 is 1. The van der Waals surface area contributed by atoms with Crippen LogP contribution in [-0.2, 0) is 11.2 Å². The fraction of sp³-hybridized carbons (Fsp3) is 0.647. The van der Waals surface area contributed by atoms with Crippen molar-refractivity contribution in [1.29, 1.82) is 0 Å². The van der Waals surface area contributed by atoms with Gasteiger partial charge < -0.3 is 14.8 Å². The molecule has 2 rings (SSSR count). The highest BCUT2D eigenvalue weighted by Crippen LogP contribution is 2.32. The number of nitrogens with one attached hydrogen (secondary N) is 1. The van der Waals surface area contributed by atoms with Crippen molar-refractivity contribution in [1.82, 2.24) is 5.32 Å². The topological polar surface area (TPSA) is 30.5 Å². The monoisotopic (exact) mass is 277 g/mol. The molecule has 0 amide bonds. The summed E-state index contributed by atoms with van der Waals surface area (Å²) < 4.78 is 11.0. The maximum atomic E-state index is 5.61. The van der Waals surface area contributed by atoms with Gasteiger partial charge >= 0.3 is 0 Å².